The Bertz CT molecular complexity index is 337. The van der Waals surface area contributed by atoms with Crippen molar-refractivity contribution in [1.29, 1.82) is 0 Å². The highest BCUT2D eigenvalue weighted by Crippen LogP contribution is 2.18. The minimum absolute atomic E-state index is 0.785. The van der Waals surface area contributed by atoms with Crippen molar-refractivity contribution in [3.63, 3.8) is 0 Å². The van der Waals surface area contributed by atoms with E-state index < -0.39 is 0 Å². The summed E-state index contributed by atoms with van der Waals surface area (Å²) >= 11 is 0. The number of piperidine rings is 1. The number of aromatic nitrogens is 1. The predicted molar refractivity (Wildman–Crippen MR) is 67.8 cm³/mol. The molecule has 1 aliphatic heterocycles. The lowest BCUT2D eigenvalue weighted by Crippen LogP contribution is -2.39. The first-order chi connectivity index (χ1) is 8.28. The van der Waals surface area contributed by atoms with E-state index in [2.05, 4.69) is 22.3 Å². The highest BCUT2D eigenvalue weighted by Gasteiger charge is 2.20. The van der Waals surface area contributed by atoms with Crippen molar-refractivity contribution in [2.75, 3.05) is 26.2 Å². The molecule has 1 aromatic rings. The van der Waals surface area contributed by atoms with Crippen molar-refractivity contribution in [2.24, 2.45) is 5.92 Å². The van der Waals surface area contributed by atoms with E-state index in [9.17, 15) is 0 Å². The van der Waals surface area contributed by atoms with Gasteiger partial charge in [0.1, 0.15) is 0 Å². The molecule has 0 aromatic carbocycles. The van der Waals surface area contributed by atoms with Gasteiger partial charge in [0.2, 0.25) is 0 Å². The Morgan fingerprint density at radius 2 is 2.47 bits per heavy atom. The highest BCUT2D eigenvalue weighted by atomic mass is 16.5. The van der Waals surface area contributed by atoms with Crippen LogP contribution in [-0.4, -0.2) is 36.2 Å². The Kier molecular flexibility index (Phi) is 4.57. The molecule has 2 heterocycles. The van der Waals surface area contributed by atoms with E-state index in [4.69, 9.17) is 4.52 Å². The Morgan fingerprint density at radius 1 is 1.59 bits per heavy atom. The molecule has 0 amide bonds. The van der Waals surface area contributed by atoms with Crippen molar-refractivity contribution >= 4 is 0 Å². The smallest absolute Gasteiger partial charge is 0.150 e. The average molecular weight is 237 g/mol. The molecule has 1 atom stereocenters. The second kappa shape index (κ2) is 6.17. The van der Waals surface area contributed by atoms with Crippen LogP contribution in [0, 0.1) is 12.8 Å². The van der Waals surface area contributed by atoms with Crippen molar-refractivity contribution in [3.05, 3.63) is 17.5 Å². The lowest BCUT2D eigenvalue weighted by molar-refractivity contribution is 0.151. The van der Waals surface area contributed by atoms with E-state index in [1.54, 1.807) is 0 Å². The largest absolute Gasteiger partial charge is 0.360 e. The number of nitrogens with one attached hydrogen (secondary N) is 1. The van der Waals surface area contributed by atoms with Gasteiger partial charge < -0.3 is 9.84 Å². The van der Waals surface area contributed by atoms with Gasteiger partial charge in [-0.3, -0.25) is 4.90 Å². The van der Waals surface area contributed by atoms with Crippen molar-refractivity contribution < 1.29 is 4.52 Å². The van der Waals surface area contributed by atoms with Crippen LogP contribution in [0.2, 0.25) is 0 Å². The third-order valence-corrected chi connectivity index (χ3v) is 3.34. The van der Waals surface area contributed by atoms with Crippen LogP contribution in [0.3, 0.4) is 0 Å². The molecule has 0 spiro atoms. The molecule has 2 rings (SSSR count). The summed E-state index contributed by atoms with van der Waals surface area (Å²) in [6.45, 7) is 9.61. The summed E-state index contributed by atoms with van der Waals surface area (Å²) in [4.78, 5) is 2.48. The van der Waals surface area contributed by atoms with Gasteiger partial charge in [-0.05, 0) is 45.3 Å². The van der Waals surface area contributed by atoms with E-state index in [0.29, 0.717) is 0 Å². The summed E-state index contributed by atoms with van der Waals surface area (Å²) in [5.41, 5.74) is 0.973. The molecule has 1 fully saturated rings. The average Bonchev–Trinajstić information content (AvgIpc) is 2.73. The third kappa shape index (κ3) is 3.82. The van der Waals surface area contributed by atoms with E-state index >= 15 is 0 Å². The van der Waals surface area contributed by atoms with Gasteiger partial charge in [-0.25, -0.2) is 0 Å². The number of hydrogen-bond donors (Lipinski definition) is 1. The van der Waals surface area contributed by atoms with Gasteiger partial charge in [-0.1, -0.05) is 12.1 Å². The van der Waals surface area contributed by atoms with E-state index in [1.165, 1.54) is 25.9 Å². The SMILES string of the molecule is CCNCC1CCCN(Cc2cc(C)no2)C1. The molecule has 0 aliphatic carbocycles. The van der Waals surface area contributed by atoms with E-state index in [-0.39, 0.29) is 0 Å². The lowest BCUT2D eigenvalue weighted by Gasteiger charge is -2.32. The zero-order valence-electron chi connectivity index (χ0n) is 10.9. The molecular weight excluding hydrogens is 214 g/mol. The van der Waals surface area contributed by atoms with Gasteiger partial charge in [0.25, 0.3) is 0 Å². The standard InChI is InChI=1S/C13H23N3O/c1-3-14-8-12-5-4-6-16(9-12)10-13-7-11(2)15-17-13/h7,12,14H,3-6,8-10H2,1-2H3. The van der Waals surface area contributed by atoms with Crippen LogP contribution in [0.15, 0.2) is 10.6 Å². The minimum Gasteiger partial charge on any atom is -0.360 e. The lowest BCUT2D eigenvalue weighted by atomic mass is 9.98. The number of aryl methyl sites for hydroxylation is 1. The fourth-order valence-electron chi connectivity index (χ4n) is 2.52. The molecule has 1 aromatic heterocycles. The number of likely N-dealkylation sites (tertiary alicyclic amines) is 1. The van der Waals surface area contributed by atoms with Crippen LogP contribution < -0.4 is 5.32 Å². The topological polar surface area (TPSA) is 41.3 Å². The zero-order valence-corrected chi connectivity index (χ0v) is 10.9. The van der Waals surface area contributed by atoms with Crippen molar-refractivity contribution in [3.8, 4) is 0 Å². The number of nitrogens with zero attached hydrogens (tertiary/aromatic N) is 2. The summed E-state index contributed by atoms with van der Waals surface area (Å²) in [5.74, 6) is 1.78. The summed E-state index contributed by atoms with van der Waals surface area (Å²) in [5, 5.41) is 7.38. The molecule has 0 bridgehead atoms. The molecule has 17 heavy (non-hydrogen) atoms. The molecule has 96 valence electrons. The maximum absolute atomic E-state index is 5.28. The molecule has 4 nitrogen and oxygen atoms in total. The van der Waals surface area contributed by atoms with Crippen LogP contribution in [0.1, 0.15) is 31.2 Å². The van der Waals surface area contributed by atoms with Crippen molar-refractivity contribution in [1.82, 2.24) is 15.4 Å². The molecule has 1 unspecified atom stereocenters. The number of hydrogen-bond acceptors (Lipinski definition) is 4. The van der Waals surface area contributed by atoms with E-state index in [1.807, 2.05) is 13.0 Å². The summed E-state index contributed by atoms with van der Waals surface area (Å²) in [7, 11) is 0. The first-order valence-corrected chi connectivity index (χ1v) is 6.63. The molecule has 0 radical (unpaired) electrons. The van der Waals surface area contributed by atoms with Gasteiger partial charge in [-0.15, -0.1) is 0 Å². The molecule has 1 N–H and O–H groups in total. The van der Waals surface area contributed by atoms with Crippen LogP contribution in [0.4, 0.5) is 0 Å². The van der Waals surface area contributed by atoms with Gasteiger partial charge >= 0.3 is 0 Å². The molecule has 0 saturated carbocycles. The van der Waals surface area contributed by atoms with Crippen LogP contribution in [0.5, 0.6) is 0 Å². The fraction of sp³-hybridized carbons (Fsp3) is 0.769. The Labute approximate surface area is 103 Å². The maximum Gasteiger partial charge on any atom is 0.150 e. The third-order valence-electron chi connectivity index (χ3n) is 3.34. The second-order valence-corrected chi connectivity index (χ2v) is 4.99. The molecule has 1 aliphatic rings. The monoisotopic (exact) mass is 237 g/mol. The Morgan fingerprint density at radius 3 is 3.18 bits per heavy atom. The van der Waals surface area contributed by atoms with E-state index in [0.717, 1.165) is 37.0 Å². The molecule has 4 heteroatoms. The summed E-state index contributed by atoms with van der Waals surface area (Å²) in [6.07, 6.45) is 2.64. The quantitative estimate of drug-likeness (QED) is 0.848. The number of rotatable bonds is 5. The maximum atomic E-state index is 5.28. The van der Waals surface area contributed by atoms with Crippen LogP contribution in [0.25, 0.3) is 0 Å². The van der Waals surface area contributed by atoms with Gasteiger partial charge in [0.05, 0.1) is 12.2 Å². The normalized spacial score (nSPS) is 21.9. The Hall–Kier alpha value is -0.870. The van der Waals surface area contributed by atoms with Crippen LogP contribution >= 0.6 is 0 Å². The first-order valence-electron chi connectivity index (χ1n) is 6.63. The molecular formula is C13H23N3O. The summed E-state index contributed by atoms with van der Waals surface area (Å²) in [6, 6.07) is 2.04. The predicted octanol–water partition coefficient (Wildman–Crippen LogP) is 1.80. The first kappa shape index (κ1) is 12.6. The minimum atomic E-state index is 0.785. The van der Waals surface area contributed by atoms with Crippen molar-refractivity contribution in [2.45, 2.75) is 33.2 Å². The second-order valence-electron chi connectivity index (χ2n) is 4.99. The van der Waals surface area contributed by atoms with Gasteiger partial charge in [0.15, 0.2) is 5.76 Å². The highest BCUT2D eigenvalue weighted by molar-refractivity contribution is 5.03. The van der Waals surface area contributed by atoms with Gasteiger partial charge in [-0.2, -0.15) is 0 Å². The van der Waals surface area contributed by atoms with Gasteiger partial charge in [0, 0.05) is 12.6 Å². The molecule has 1 saturated heterocycles. The fourth-order valence-corrected chi connectivity index (χ4v) is 2.52. The summed E-state index contributed by atoms with van der Waals surface area (Å²) < 4.78 is 5.28. The zero-order chi connectivity index (χ0) is 12.1. The van der Waals surface area contributed by atoms with Crippen LogP contribution in [-0.2, 0) is 6.54 Å². The Balaban J connectivity index is 1.80.